The summed E-state index contributed by atoms with van der Waals surface area (Å²) in [6.07, 6.45) is -1.14. The predicted octanol–water partition coefficient (Wildman–Crippen LogP) is 4.18. The minimum atomic E-state index is -2.87. The van der Waals surface area contributed by atoms with Gasteiger partial charge in [-0.25, -0.2) is 9.07 Å². The number of hydrogen-bond donors (Lipinski definition) is 0. The van der Waals surface area contributed by atoms with E-state index in [2.05, 4.69) is 20.5 Å². The standard InChI is InChI=1S/C16H10F3N5OS/c17-11-6-9(15-21-22-16(25-15)14(18)19)3-4-10(11)7-24-8-12(20-23-24)13-2-1-5-26-13/h1-6,8,14H,7H2. The van der Waals surface area contributed by atoms with Crippen molar-refractivity contribution in [1.29, 1.82) is 0 Å². The maximum Gasteiger partial charge on any atom is 0.314 e. The Morgan fingerprint density at radius 3 is 2.73 bits per heavy atom. The number of hydrogen-bond acceptors (Lipinski definition) is 6. The van der Waals surface area contributed by atoms with Crippen molar-refractivity contribution in [3.05, 3.63) is 59.2 Å². The Balaban J connectivity index is 1.54. The van der Waals surface area contributed by atoms with E-state index in [-0.39, 0.29) is 18.0 Å². The number of rotatable bonds is 5. The van der Waals surface area contributed by atoms with E-state index in [0.717, 1.165) is 10.9 Å². The zero-order valence-electron chi connectivity index (χ0n) is 13.0. The Bertz CT molecular complexity index is 1030. The van der Waals surface area contributed by atoms with E-state index < -0.39 is 18.1 Å². The first-order chi connectivity index (χ1) is 12.6. The molecule has 1 aromatic carbocycles. The van der Waals surface area contributed by atoms with Crippen LogP contribution in [-0.4, -0.2) is 25.2 Å². The molecule has 0 spiro atoms. The highest BCUT2D eigenvalue weighted by Gasteiger charge is 2.18. The zero-order chi connectivity index (χ0) is 18.1. The molecule has 0 aliphatic rings. The van der Waals surface area contributed by atoms with Crippen LogP contribution in [0, 0.1) is 5.82 Å². The largest absolute Gasteiger partial charge is 0.415 e. The van der Waals surface area contributed by atoms with Gasteiger partial charge in [-0.3, -0.25) is 0 Å². The molecule has 3 aromatic heterocycles. The molecule has 0 saturated heterocycles. The van der Waals surface area contributed by atoms with Gasteiger partial charge in [0, 0.05) is 11.1 Å². The summed E-state index contributed by atoms with van der Waals surface area (Å²) in [6, 6.07) is 8.04. The summed E-state index contributed by atoms with van der Waals surface area (Å²) in [6.45, 7) is 0.177. The van der Waals surface area contributed by atoms with Gasteiger partial charge in [0.25, 0.3) is 5.89 Å². The summed E-state index contributed by atoms with van der Waals surface area (Å²) in [5.74, 6) is -1.49. The zero-order valence-corrected chi connectivity index (χ0v) is 13.8. The minimum Gasteiger partial charge on any atom is -0.415 e. The van der Waals surface area contributed by atoms with Crippen molar-refractivity contribution in [3.63, 3.8) is 0 Å². The minimum absolute atomic E-state index is 0.161. The quantitative estimate of drug-likeness (QED) is 0.522. The second kappa shape index (κ2) is 6.71. The smallest absolute Gasteiger partial charge is 0.314 e. The molecule has 0 amide bonds. The first-order valence-corrected chi connectivity index (χ1v) is 8.32. The van der Waals surface area contributed by atoms with Crippen LogP contribution in [0.15, 0.2) is 46.3 Å². The molecule has 0 fully saturated rings. The van der Waals surface area contributed by atoms with Crippen LogP contribution in [0.2, 0.25) is 0 Å². The van der Waals surface area contributed by atoms with Crippen molar-refractivity contribution in [1.82, 2.24) is 25.2 Å². The normalized spacial score (nSPS) is 11.4. The molecule has 132 valence electrons. The number of benzene rings is 1. The van der Waals surface area contributed by atoms with Crippen molar-refractivity contribution >= 4 is 11.3 Å². The Hall–Kier alpha value is -3.01. The van der Waals surface area contributed by atoms with Gasteiger partial charge in [0.2, 0.25) is 5.89 Å². The van der Waals surface area contributed by atoms with Crippen molar-refractivity contribution in [2.24, 2.45) is 0 Å². The monoisotopic (exact) mass is 377 g/mol. The molecule has 0 saturated carbocycles. The molecule has 3 heterocycles. The predicted molar refractivity (Wildman–Crippen MR) is 87.1 cm³/mol. The summed E-state index contributed by atoms with van der Waals surface area (Å²) in [5.41, 5.74) is 1.30. The highest BCUT2D eigenvalue weighted by Crippen LogP contribution is 2.25. The second-order valence-electron chi connectivity index (χ2n) is 5.33. The third-order valence-electron chi connectivity index (χ3n) is 3.57. The van der Waals surface area contributed by atoms with E-state index in [1.165, 1.54) is 28.2 Å². The van der Waals surface area contributed by atoms with Crippen molar-refractivity contribution < 1.29 is 17.6 Å². The molecule has 0 unspecified atom stereocenters. The van der Waals surface area contributed by atoms with Gasteiger partial charge in [-0.2, -0.15) is 8.78 Å². The Morgan fingerprint density at radius 1 is 1.15 bits per heavy atom. The van der Waals surface area contributed by atoms with E-state index in [1.807, 2.05) is 17.5 Å². The molecule has 0 aliphatic heterocycles. The van der Waals surface area contributed by atoms with Crippen molar-refractivity contribution in [2.45, 2.75) is 13.0 Å². The SMILES string of the molecule is Fc1cc(-c2nnc(C(F)F)o2)ccc1Cn1cc(-c2cccs2)nn1. The molecule has 4 aromatic rings. The maximum atomic E-state index is 14.4. The molecule has 26 heavy (non-hydrogen) atoms. The molecule has 0 aliphatic carbocycles. The van der Waals surface area contributed by atoms with Crippen LogP contribution < -0.4 is 0 Å². The second-order valence-corrected chi connectivity index (χ2v) is 6.28. The number of alkyl halides is 2. The van der Waals surface area contributed by atoms with E-state index in [1.54, 1.807) is 6.20 Å². The summed E-state index contributed by atoms with van der Waals surface area (Å²) in [4.78, 5) is 0.971. The van der Waals surface area contributed by atoms with Gasteiger partial charge in [0.05, 0.1) is 17.6 Å². The summed E-state index contributed by atoms with van der Waals surface area (Å²) in [5, 5.41) is 16.7. The van der Waals surface area contributed by atoms with E-state index >= 15 is 0 Å². The summed E-state index contributed by atoms with van der Waals surface area (Å²) in [7, 11) is 0. The fraction of sp³-hybridized carbons (Fsp3) is 0.125. The highest BCUT2D eigenvalue weighted by molar-refractivity contribution is 7.13. The van der Waals surface area contributed by atoms with Crippen LogP contribution in [-0.2, 0) is 6.54 Å². The van der Waals surface area contributed by atoms with Gasteiger partial charge in [-0.1, -0.05) is 17.3 Å². The fourth-order valence-corrected chi connectivity index (χ4v) is 3.01. The lowest BCUT2D eigenvalue weighted by Crippen LogP contribution is -2.03. The van der Waals surface area contributed by atoms with Crippen LogP contribution in [0.25, 0.3) is 22.0 Å². The van der Waals surface area contributed by atoms with Crippen LogP contribution in [0.5, 0.6) is 0 Å². The van der Waals surface area contributed by atoms with E-state index in [0.29, 0.717) is 11.3 Å². The Labute approximate surface area is 148 Å². The molecule has 4 rings (SSSR count). The molecular formula is C16H10F3N5OS. The van der Waals surface area contributed by atoms with Crippen molar-refractivity contribution in [2.75, 3.05) is 0 Å². The maximum absolute atomic E-state index is 14.4. The van der Waals surface area contributed by atoms with Crippen LogP contribution in [0.1, 0.15) is 17.9 Å². The molecular weight excluding hydrogens is 367 g/mol. The lowest BCUT2D eigenvalue weighted by Gasteiger charge is -2.04. The molecule has 10 heteroatoms. The summed E-state index contributed by atoms with van der Waals surface area (Å²) < 4.78 is 45.7. The molecule has 0 bridgehead atoms. The molecule has 6 nitrogen and oxygen atoms in total. The number of aromatic nitrogens is 5. The highest BCUT2D eigenvalue weighted by atomic mass is 32.1. The fourth-order valence-electron chi connectivity index (χ4n) is 2.34. The lowest BCUT2D eigenvalue weighted by molar-refractivity contribution is 0.116. The van der Waals surface area contributed by atoms with Gasteiger partial charge in [-0.15, -0.1) is 26.6 Å². The number of halogens is 3. The van der Waals surface area contributed by atoms with Gasteiger partial charge >= 0.3 is 6.43 Å². The van der Waals surface area contributed by atoms with Crippen LogP contribution in [0.3, 0.4) is 0 Å². The molecule has 0 N–H and O–H groups in total. The van der Waals surface area contributed by atoms with Gasteiger partial charge in [0.15, 0.2) is 0 Å². The number of nitrogens with zero attached hydrogens (tertiary/aromatic N) is 5. The third-order valence-corrected chi connectivity index (χ3v) is 4.46. The van der Waals surface area contributed by atoms with Gasteiger partial charge < -0.3 is 4.42 Å². The van der Waals surface area contributed by atoms with Crippen LogP contribution >= 0.6 is 11.3 Å². The van der Waals surface area contributed by atoms with E-state index in [9.17, 15) is 13.2 Å². The van der Waals surface area contributed by atoms with E-state index in [4.69, 9.17) is 4.42 Å². The average molecular weight is 377 g/mol. The van der Waals surface area contributed by atoms with Crippen molar-refractivity contribution in [3.8, 4) is 22.0 Å². The van der Waals surface area contributed by atoms with Crippen LogP contribution in [0.4, 0.5) is 13.2 Å². The van der Waals surface area contributed by atoms with Gasteiger partial charge in [-0.05, 0) is 23.6 Å². The Morgan fingerprint density at radius 2 is 2.04 bits per heavy atom. The first-order valence-electron chi connectivity index (χ1n) is 7.44. The Kier molecular flexibility index (Phi) is 4.25. The molecule has 0 radical (unpaired) electrons. The van der Waals surface area contributed by atoms with Gasteiger partial charge in [0.1, 0.15) is 11.5 Å². The summed E-state index contributed by atoms with van der Waals surface area (Å²) >= 11 is 1.54. The third kappa shape index (κ3) is 3.23. The molecule has 0 atom stereocenters. The lowest BCUT2D eigenvalue weighted by atomic mass is 10.1. The topological polar surface area (TPSA) is 69.6 Å². The average Bonchev–Trinajstić information content (AvgIpc) is 3.38. The number of thiophene rings is 1. The first kappa shape index (κ1) is 16.5.